The number of hydrogen-bond donors (Lipinski definition) is 1. The quantitative estimate of drug-likeness (QED) is 0.592. The Balaban J connectivity index is 1.49. The smallest absolute Gasteiger partial charge is 0.154 e. The molecule has 0 amide bonds. The molecule has 3 aromatic rings. The van der Waals surface area contributed by atoms with Crippen molar-refractivity contribution in [3.8, 4) is 0 Å². The average Bonchev–Trinajstić information content (AvgIpc) is 2.77. The van der Waals surface area contributed by atoms with E-state index < -0.39 is 0 Å². The largest absolute Gasteiger partial charge is 0.379 e. The number of benzene rings is 2. The van der Waals surface area contributed by atoms with Gasteiger partial charge in [-0.15, -0.1) is 0 Å². The Morgan fingerprint density at radius 2 is 1.73 bits per heavy atom. The fourth-order valence-electron chi connectivity index (χ4n) is 3.41. The third-order valence-electron chi connectivity index (χ3n) is 5.02. The van der Waals surface area contributed by atoms with Crippen molar-refractivity contribution >= 4 is 28.9 Å². The molecular weight excluding hydrogens is 386 g/mol. The van der Waals surface area contributed by atoms with E-state index in [4.69, 9.17) is 4.74 Å². The Kier molecular flexibility index (Phi) is 6.61. The highest BCUT2D eigenvalue weighted by atomic mass is 19.1. The fraction of sp³-hybridized carbons (Fsp3) is 0.304. The van der Waals surface area contributed by atoms with Crippen LogP contribution in [0.5, 0.6) is 0 Å². The molecule has 2 heterocycles. The summed E-state index contributed by atoms with van der Waals surface area (Å²) < 4.78 is 32.3. The number of nitrogens with one attached hydrogen (secondary N) is 1. The van der Waals surface area contributed by atoms with E-state index in [1.165, 1.54) is 24.3 Å². The van der Waals surface area contributed by atoms with Crippen molar-refractivity contribution in [1.29, 1.82) is 0 Å². The first-order valence-electron chi connectivity index (χ1n) is 10.1. The molecule has 1 aliphatic rings. The molecule has 5 nitrogen and oxygen atoms in total. The second kappa shape index (κ2) is 9.73. The standard InChI is InChI=1S/C23H24F2N4O/c24-18-5-2-17(3-6-18)4-9-22-27-21-8-7-19(25)16-20(21)23(28-22)26-10-1-11-29-12-14-30-15-13-29/h2-9,16H,1,10-15H2,(H,26,27,28). The van der Waals surface area contributed by atoms with Crippen LogP contribution in [0.2, 0.25) is 0 Å². The van der Waals surface area contributed by atoms with Crippen LogP contribution < -0.4 is 5.32 Å². The van der Waals surface area contributed by atoms with E-state index in [1.54, 1.807) is 24.3 Å². The molecule has 30 heavy (non-hydrogen) atoms. The van der Waals surface area contributed by atoms with Gasteiger partial charge in [0.25, 0.3) is 0 Å². The topological polar surface area (TPSA) is 50.3 Å². The predicted molar refractivity (Wildman–Crippen MR) is 115 cm³/mol. The lowest BCUT2D eigenvalue weighted by molar-refractivity contribution is 0.0378. The molecule has 0 atom stereocenters. The van der Waals surface area contributed by atoms with Crippen molar-refractivity contribution in [3.63, 3.8) is 0 Å². The van der Waals surface area contributed by atoms with Crippen LogP contribution in [0, 0.1) is 11.6 Å². The first kappa shape index (κ1) is 20.4. The van der Waals surface area contributed by atoms with Crippen LogP contribution in [0.3, 0.4) is 0 Å². The Morgan fingerprint density at radius 3 is 2.53 bits per heavy atom. The molecule has 1 saturated heterocycles. The van der Waals surface area contributed by atoms with Gasteiger partial charge >= 0.3 is 0 Å². The Hall–Kier alpha value is -2.90. The van der Waals surface area contributed by atoms with Crippen molar-refractivity contribution in [1.82, 2.24) is 14.9 Å². The summed E-state index contributed by atoms with van der Waals surface area (Å²) in [6, 6.07) is 10.7. The van der Waals surface area contributed by atoms with Crippen LogP contribution >= 0.6 is 0 Å². The summed E-state index contributed by atoms with van der Waals surface area (Å²) in [6.45, 7) is 5.19. The number of anilines is 1. The minimum absolute atomic E-state index is 0.278. The Morgan fingerprint density at radius 1 is 0.967 bits per heavy atom. The van der Waals surface area contributed by atoms with Crippen LogP contribution in [-0.4, -0.2) is 54.3 Å². The van der Waals surface area contributed by atoms with Gasteiger partial charge in [-0.2, -0.15) is 0 Å². The third-order valence-corrected chi connectivity index (χ3v) is 5.02. The summed E-state index contributed by atoms with van der Waals surface area (Å²) in [4.78, 5) is 11.5. The SMILES string of the molecule is Fc1ccc(C=Cc2nc(NCCCN3CCOCC3)c3cc(F)ccc3n2)cc1. The van der Waals surface area contributed by atoms with Gasteiger partial charge in [-0.25, -0.2) is 18.7 Å². The van der Waals surface area contributed by atoms with Gasteiger partial charge in [0.05, 0.1) is 18.7 Å². The zero-order valence-corrected chi connectivity index (χ0v) is 16.7. The number of aromatic nitrogens is 2. The maximum atomic E-state index is 13.8. The van der Waals surface area contributed by atoms with E-state index in [0.29, 0.717) is 22.5 Å². The molecule has 0 spiro atoms. The highest BCUT2D eigenvalue weighted by Gasteiger charge is 2.11. The van der Waals surface area contributed by atoms with Gasteiger partial charge in [0, 0.05) is 25.0 Å². The first-order chi connectivity index (χ1) is 14.7. The summed E-state index contributed by atoms with van der Waals surface area (Å²) >= 11 is 0. The number of nitrogens with zero attached hydrogens (tertiary/aromatic N) is 3. The second-order valence-corrected chi connectivity index (χ2v) is 7.21. The normalized spacial score (nSPS) is 15.1. The van der Waals surface area contributed by atoms with E-state index in [-0.39, 0.29) is 11.6 Å². The molecule has 2 aromatic carbocycles. The molecule has 1 aliphatic heterocycles. The van der Waals surface area contributed by atoms with Gasteiger partial charge in [-0.3, -0.25) is 4.90 Å². The molecule has 156 valence electrons. The maximum absolute atomic E-state index is 13.8. The number of fused-ring (bicyclic) bond motifs is 1. The monoisotopic (exact) mass is 410 g/mol. The molecular formula is C23H24F2N4O. The molecule has 0 bridgehead atoms. The molecule has 1 aromatic heterocycles. The minimum atomic E-state index is -0.322. The average molecular weight is 410 g/mol. The van der Waals surface area contributed by atoms with Crippen LogP contribution in [0.4, 0.5) is 14.6 Å². The van der Waals surface area contributed by atoms with Crippen LogP contribution in [-0.2, 0) is 4.74 Å². The fourth-order valence-corrected chi connectivity index (χ4v) is 3.41. The van der Waals surface area contributed by atoms with E-state index >= 15 is 0 Å². The molecule has 1 N–H and O–H groups in total. The van der Waals surface area contributed by atoms with Crippen molar-refractivity contribution in [2.75, 3.05) is 44.7 Å². The zero-order chi connectivity index (χ0) is 20.8. The lowest BCUT2D eigenvalue weighted by Crippen LogP contribution is -2.37. The van der Waals surface area contributed by atoms with E-state index in [9.17, 15) is 8.78 Å². The summed E-state index contributed by atoms with van der Waals surface area (Å²) in [5, 5.41) is 3.99. The Labute approximate surface area is 174 Å². The molecule has 1 fully saturated rings. The number of hydrogen-bond acceptors (Lipinski definition) is 5. The molecule has 0 saturated carbocycles. The van der Waals surface area contributed by atoms with E-state index in [1.807, 2.05) is 6.08 Å². The highest BCUT2D eigenvalue weighted by Crippen LogP contribution is 2.22. The summed E-state index contributed by atoms with van der Waals surface area (Å²) in [6.07, 6.45) is 4.54. The second-order valence-electron chi connectivity index (χ2n) is 7.21. The van der Waals surface area contributed by atoms with Gasteiger partial charge in [0.15, 0.2) is 5.82 Å². The first-order valence-corrected chi connectivity index (χ1v) is 10.1. The van der Waals surface area contributed by atoms with Crippen LogP contribution in [0.15, 0.2) is 42.5 Å². The Bertz CT molecular complexity index is 1020. The van der Waals surface area contributed by atoms with Gasteiger partial charge < -0.3 is 10.1 Å². The summed E-state index contributed by atoms with van der Waals surface area (Å²) in [5.41, 5.74) is 1.51. The number of halogens is 2. The zero-order valence-electron chi connectivity index (χ0n) is 16.7. The van der Waals surface area contributed by atoms with E-state index in [2.05, 4.69) is 20.2 Å². The van der Waals surface area contributed by atoms with Crippen molar-refractivity contribution in [2.45, 2.75) is 6.42 Å². The molecule has 0 radical (unpaired) electrons. The van der Waals surface area contributed by atoms with Gasteiger partial charge in [-0.05, 0) is 54.9 Å². The minimum Gasteiger partial charge on any atom is -0.379 e. The lowest BCUT2D eigenvalue weighted by Gasteiger charge is -2.26. The number of ether oxygens (including phenoxy) is 1. The van der Waals surface area contributed by atoms with Gasteiger partial charge in [-0.1, -0.05) is 18.2 Å². The van der Waals surface area contributed by atoms with Gasteiger partial charge in [0.2, 0.25) is 0 Å². The van der Waals surface area contributed by atoms with Crippen molar-refractivity contribution in [2.24, 2.45) is 0 Å². The molecule has 0 unspecified atom stereocenters. The molecule has 4 rings (SSSR count). The molecule has 7 heteroatoms. The highest BCUT2D eigenvalue weighted by molar-refractivity contribution is 5.90. The summed E-state index contributed by atoms with van der Waals surface area (Å²) in [5.74, 6) is 0.520. The number of morpholine rings is 1. The van der Waals surface area contributed by atoms with Crippen LogP contribution in [0.1, 0.15) is 17.8 Å². The van der Waals surface area contributed by atoms with Crippen molar-refractivity contribution < 1.29 is 13.5 Å². The molecule has 0 aliphatic carbocycles. The van der Waals surface area contributed by atoms with Crippen LogP contribution in [0.25, 0.3) is 23.1 Å². The predicted octanol–water partition coefficient (Wildman–Crippen LogP) is 4.21. The van der Waals surface area contributed by atoms with Gasteiger partial charge in [0.1, 0.15) is 17.5 Å². The summed E-state index contributed by atoms with van der Waals surface area (Å²) in [7, 11) is 0. The third kappa shape index (κ3) is 5.37. The maximum Gasteiger partial charge on any atom is 0.154 e. The number of rotatable bonds is 7. The lowest BCUT2D eigenvalue weighted by atomic mass is 10.2. The van der Waals surface area contributed by atoms with E-state index in [0.717, 1.165) is 51.4 Å². The van der Waals surface area contributed by atoms with Crippen molar-refractivity contribution in [3.05, 3.63) is 65.5 Å².